The molecule has 0 aliphatic rings. The van der Waals surface area contributed by atoms with Crippen LogP contribution in [0, 0.1) is 12.7 Å². The van der Waals surface area contributed by atoms with Crippen LogP contribution in [0.15, 0.2) is 35.2 Å². The third-order valence-corrected chi connectivity index (χ3v) is 4.90. The van der Waals surface area contributed by atoms with Crippen molar-refractivity contribution in [1.82, 2.24) is 0 Å². The number of nitrogens with one attached hydrogen (secondary N) is 1. The van der Waals surface area contributed by atoms with Gasteiger partial charge in [-0.2, -0.15) is 0 Å². The Morgan fingerprint density at radius 2 is 1.70 bits per heavy atom. The van der Waals surface area contributed by atoms with E-state index in [4.69, 9.17) is 21.1 Å². The predicted molar refractivity (Wildman–Crippen MR) is 86.5 cm³/mol. The first-order valence-electron chi connectivity index (χ1n) is 6.49. The second-order valence-corrected chi connectivity index (χ2v) is 6.79. The fraction of sp³-hybridized carbons (Fsp3) is 0.200. The van der Waals surface area contributed by atoms with Gasteiger partial charge >= 0.3 is 0 Å². The van der Waals surface area contributed by atoms with Crippen molar-refractivity contribution in [3.05, 3.63) is 46.7 Å². The lowest BCUT2D eigenvalue weighted by Gasteiger charge is -2.14. The highest BCUT2D eigenvalue weighted by molar-refractivity contribution is 7.92. The average molecular weight is 360 g/mol. The minimum atomic E-state index is -4.00. The molecule has 2 aromatic carbocycles. The number of aryl methyl sites for hydroxylation is 1. The van der Waals surface area contributed by atoms with Crippen LogP contribution in [0.4, 0.5) is 10.1 Å². The minimum Gasteiger partial charge on any atom is -0.493 e. The average Bonchev–Trinajstić information content (AvgIpc) is 2.50. The van der Waals surface area contributed by atoms with E-state index in [2.05, 4.69) is 4.72 Å². The second-order valence-electron chi connectivity index (χ2n) is 4.70. The third kappa shape index (κ3) is 3.68. The predicted octanol–water partition coefficient (Wildman–Crippen LogP) is 3.61. The molecule has 0 radical (unpaired) electrons. The van der Waals surface area contributed by atoms with Crippen molar-refractivity contribution in [1.29, 1.82) is 0 Å². The van der Waals surface area contributed by atoms with E-state index < -0.39 is 15.8 Å². The third-order valence-electron chi connectivity index (χ3n) is 3.16. The van der Waals surface area contributed by atoms with E-state index in [1.807, 2.05) is 0 Å². The zero-order valence-corrected chi connectivity index (χ0v) is 14.3. The molecule has 2 aromatic rings. The van der Waals surface area contributed by atoms with E-state index in [9.17, 15) is 12.8 Å². The Morgan fingerprint density at radius 3 is 2.30 bits per heavy atom. The van der Waals surface area contributed by atoms with Gasteiger partial charge in [-0.05, 0) is 24.6 Å². The van der Waals surface area contributed by atoms with E-state index in [-0.39, 0.29) is 27.1 Å². The second kappa shape index (κ2) is 6.64. The van der Waals surface area contributed by atoms with Crippen LogP contribution in [0.2, 0.25) is 5.02 Å². The summed E-state index contributed by atoms with van der Waals surface area (Å²) in [5.74, 6) is -0.424. The Hall–Kier alpha value is -1.99. The fourth-order valence-corrected chi connectivity index (χ4v) is 3.56. The van der Waals surface area contributed by atoms with Gasteiger partial charge in [0.05, 0.1) is 24.8 Å². The standard InChI is InChI=1S/C15H15ClFNO4S/c1-9-4-5-10(16)6-15(9)23(19,20)18-12-8-14(22-3)13(21-2)7-11(12)17/h4-8,18H,1-3H3. The number of halogens is 2. The molecule has 8 heteroatoms. The summed E-state index contributed by atoms with van der Waals surface area (Å²) in [5.41, 5.74) is 0.241. The Labute approximate surface area is 139 Å². The van der Waals surface area contributed by atoms with Crippen molar-refractivity contribution in [3.8, 4) is 11.5 Å². The zero-order chi connectivity index (χ0) is 17.2. The minimum absolute atomic E-state index is 0.0285. The number of methoxy groups -OCH3 is 2. The molecule has 0 aromatic heterocycles. The molecule has 0 atom stereocenters. The first-order chi connectivity index (χ1) is 10.8. The molecule has 0 saturated carbocycles. The lowest BCUT2D eigenvalue weighted by Crippen LogP contribution is -2.15. The first kappa shape index (κ1) is 17.4. The molecule has 0 heterocycles. The highest BCUT2D eigenvalue weighted by atomic mass is 35.5. The molecule has 0 amide bonds. The Bertz CT molecular complexity index is 840. The van der Waals surface area contributed by atoms with Crippen LogP contribution in [0.25, 0.3) is 0 Å². The molecule has 2 rings (SSSR count). The maximum atomic E-state index is 14.1. The van der Waals surface area contributed by atoms with Crippen LogP contribution in [-0.4, -0.2) is 22.6 Å². The maximum Gasteiger partial charge on any atom is 0.262 e. The van der Waals surface area contributed by atoms with Crippen LogP contribution < -0.4 is 14.2 Å². The Morgan fingerprint density at radius 1 is 1.09 bits per heavy atom. The highest BCUT2D eigenvalue weighted by Gasteiger charge is 2.21. The molecular formula is C15H15ClFNO4S. The molecule has 0 unspecified atom stereocenters. The first-order valence-corrected chi connectivity index (χ1v) is 8.35. The quantitative estimate of drug-likeness (QED) is 0.885. The maximum absolute atomic E-state index is 14.1. The normalized spacial score (nSPS) is 11.2. The van der Waals surface area contributed by atoms with Gasteiger partial charge in [-0.1, -0.05) is 17.7 Å². The smallest absolute Gasteiger partial charge is 0.262 e. The van der Waals surface area contributed by atoms with Gasteiger partial charge in [0, 0.05) is 17.2 Å². The summed E-state index contributed by atoms with van der Waals surface area (Å²) in [7, 11) is -1.28. The number of sulfonamides is 1. The van der Waals surface area contributed by atoms with E-state index in [0.717, 1.165) is 6.07 Å². The number of benzene rings is 2. The van der Waals surface area contributed by atoms with Gasteiger partial charge in [-0.25, -0.2) is 12.8 Å². The van der Waals surface area contributed by atoms with E-state index in [0.29, 0.717) is 5.56 Å². The van der Waals surface area contributed by atoms with E-state index in [1.165, 1.54) is 26.4 Å². The van der Waals surface area contributed by atoms with Gasteiger partial charge < -0.3 is 9.47 Å². The molecule has 0 bridgehead atoms. The van der Waals surface area contributed by atoms with E-state index in [1.54, 1.807) is 19.1 Å². The summed E-state index contributed by atoms with van der Waals surface area (Å²) in [5, 5.41) is 0.267. The zero-order valence-electron chi connectivity index (χ0n) is 12.7. The van der Waals surface area contributed by atoms with Crippen LogP contribution in [-0.2, 0) is 10.0 Å². The number of hydrogen-bond donors (Lipinski definition) is 1. The molecule has 1 N–H and O–H groups in total. The van der Waals surface area contributed by atoms with E-state index >= 15 is 0 Å². The van der Waals surface area contributed by atoms with Gasteiger partial charge in [0.1, 0.15) is 0 Å². The Balaban J connectivity index is 2.47. The molecule has 0 saturated heterocycles. The topological polar surface area (TPSA) is 64.6 Å². The lowest BCUT2D eigenvalue weighted by atomic mass is 10.2. The number of hydrogen-bond acceptors (Lipinski definition) is 4. The molecule has 0 fully saturated rings. The van der Waals surface area contributed by atoms with Crippen molar-refractivity contribution in [2.24, 2.45) is 0 Å². The molecule has 0 spiro atoms. The summed E-state index contributed by atoms with van der Waals surface area (Å²) in [6.07, 6.45) is 0. The van der Waals surface area contributed by atoms with Crippen LogP contribution in [0.1, 0.15) is 5.56 Å². The Kier molecular flexibility index (Phi) is 5.01. The molecule has 0 aliphatic heterocycles. The summed E-state index contributed by atoms with van der Waals surface area (Å²) < 4.78 is 51.2. The largest absolute Gasteiger partial charge is 0.493 e. The molecule has 0 aliphatic carbocycles. The van der Waals surface area contributed by atoms with Crippen LogP contribution in [0.3, 0.4) is 0 Å². The SMILES string of the molecule is COc1cc(F)c(NS(=O)(=O)c2cc(Cl)ccc2C)cc1OC. The van der Waals surface area contributed by atoms with Crippen LogP contribution >= 0.6 is 11.6 Å². The van der Waals surface area contributed by atoms with Gasteiger partial charge in [-0.15, -0.1) is 0 Å². The van der Waals surface area contributed by atoms with Crippen molar-refractivity contribution >= 4 is 27.3 Å². The van der Waals surface area contributed by atoms with Gasteiger partial charge in [0.15, 0.2) is 17.3 Å². The number of rotatable bonds is 5. The van der Waals surface area contributed by atoms with Crippen molar-refractivity contribution in [2.75, 3.05) is 18.9 Å². The van der Waals surface area contributed by atoms with Gasteiger partial charge in [0.25, 0.3) is 10.0 Å². The van der Waals surface area contributed by atoms with Crippen molar-refractivity contribution < 1.29 is 22.3 Å². The van der Waals surface area contributed by atoms with Crippen LogP contribution in [0.5, 0.6) is 11.5 Å². The molecular weight excluding hydrogens is 345 g/mol. The van der Waals surface area contributed by atoms with Crippen molar-refractivity contribution in [3.63, 3.8) is 0 Å². The molecule has 124 valence electrons. The summed E-state index contributed by atoms with van der Waals surface area (Å²) in [4.78, 5) is -0.0285. The summed E-state index contributed by atoms with van der Waals surface area (Å²) >= 11 is 5.84. The van der Waals surface area contributed by atoms with Gasteiger partial charge in [0.2, 0.25) is 0 Å². The van der Waals surface area contributed by atoms with Crippen molar-refractivity contribution in [2.45, 2.75) is 11.8 Å². The molecule has 5 nitrogen and oxygen atoms in total. The number of anilines is 1. The highest BCUT2D eigenvalue weighted by Crippen LogP contribution is 2.33. The lowest BCUT2D eigenvalue weighted by molar-refractivity contribution is 0.353. The molecule has 23 heavy (non-hydrogen) atoms. The monoisotopic (exact) mass is 359 g/mol. The fourth-order valence-electron chi connectivity index (χ4n) is 2.00. The summed E-state index contributed by atoms with van der Waals surface area (Å²) in [6.45, 7) is 1.62. The van der Waals surface area contributed by atoms with Gasteiger partial charge in [-0.3, -0.25) is 4.72 Å². The number of ether oxygens (including phenoxy) is 2. The summed E-state index contributed by atoms with van der Waals surface area (Å²) in [6, 6.07) is 6.71.